The maximum atomic E-state index is 10.8. The first-order valence-corrected chi connectivity index (χ1v) is 7.16. The molecule has 0 aliphatic rings. The minimum atomic E-state index is -0.938. The molecule has 1 aromatic carbocycles. The highest BCUT2D eigenvalue weighted by atomic mass is 79.9. The van der Waals surface area contributed by atoms with Crippen LogP contribution in [0.5, 0.6) is 0 Å². The largest absolute Gasteiger partial charge is 0.478 e. The topological polar surface area (TPSA) is 69.6 Å². The van der Waals surface area contributed by atoms with Crippen molar-refractivity contribution in [3.8, 4) is 0 Å². The van der Waals surface area contributed by atoms with Crippen molar-refractivity contribution in [1.29, 1.82) is 0 Å². The van der Waals surface area contributed by atoms with E-state index in [1.807, 2.05) is 13.8 Å². The van der Waals surface area contributed by atoms with Gasteiger partial charge in [0.05, 0.1) is 11.2 Å². The molecule has 1 rings (SSSR count). The fourth-order valence-electron chi connectivity index (χ4n) is 1.75. The third-order valence-electron chi connectivity index (χ3n) is 3.39. The van der Waals surface area contributed by atoms with E-state index < -0.39 is 11.6 Å². The van der Waals surface area contributed by atoms with E-state index in [2.05, 4.69) is 21.2 Å². The zero-order valence-corrected chi connectivity index (χ0v) is 12.8. The lowest BCUT2D eigenvalue weighted by molar-refractivity contribution is 0.0323. The Labute approximate surface area is 122 Å². The number of carbonyl (C=O) groups is 1. The summed E-state index contributed by atoms with van der Waals surface area (Å²) in [5.74, 6) is -0.938. The van der Waals surface area contributed by atoms with Crippen molar-refractivity contribution in [2.45, 2.75) is 38.8 Å². The van der Waals surface area contributed by atoms with Gasteiger partial charge in [0.15, 0.2) is 0 Å². The van der Waals surface area contributed by atoms with Crippen LogP contribution in [0.3, 0.4) is 0 Å². The molecule has 0 atom stereocenters. The normalized spacial score (nSPS) is 11.6. The molecule has 0 radical (unpaired) electrons. The Kier molecular flexibility index (Phi) is 5.97. The average molecular weight is 330 g/mol. The molecule has 0 unspecified atom stereocenters. The van der Waals surface area contributed by atoms with Crippen LogP contribution in [-0.2, 0) is 6.54 Å². The van der Waals surface area contributed by atoms with Crippen LogP contribution in [0.2, 0.25) is 0 Å². The fraction of sp³-hybridized carbons (Fsp3) is 0.500. The molecule has 0 heterocycles. The van der Waals surface area contributed by atoms with Crippen LogP contribution < -0.4 is 5.32 Å². The molecule has 0 aliphatic carbocycles. The van der Waals surface area contributed by atoms with Crippen LogP contribution in [0.1, 0.15) is 42.6 Å². The van der Waals surface area contributed by atoms with E-state index in [9.17, 15) is 9.90 Å². The van der Waals surface area contributed by atoms with E-state index >= 15 is 0 Å². The first-order chi connectivity index (χ1) is 8.91. The second-order valence-electron chi connectivity index (χ2n) is 4.65. The summed E-state index contributed by atoms with van der Waals surface area (Å²) in [6.07, 6.45) is 1.41. The molecular formula is C14H20BrNO3. The summed E-state index contributed by atoms with van der Waals surface area (Å²) in [6.45, 7) is 5.03. The molecule has 0 aliphatic heterocycles. The third-order valence-corrected chi connectivity index (χ3v) is 4.12. The van der Waals surface area contributed by atoms with Gasteiger partial charge in [-0.05, 0) is 30.5 Å². The molecule has 0 bridgehead atoms. The number of halogens is 1. The maximum Gasteiger partial charge on any atom is 0.335 e. The zero-order valence-electron chi connectivity index (χ0n) is 11.2. The van der Waals surface area contributed by atoms with E-state index in [-0.39, 0.29) is 5.56 Å². The lowest BCUT2D eigenvalue weighted by Crippen LogP contribution is -2.39. The predicted octanol–water partition coefficient (Wildman–Crippen LogP) is 2.79. The van der Waals surface area contributed by atoms with Gasteiger partial charge in [0.1, 0.15) is 0 Å². The lowest BCUT2D eigenvalue weighted by Gasteiger charge is -2.25. The summed E-state index contributed by atoms with van der Waals surface area (Å²) in [7, 11) is 0. The molecule has 0 saturated heterocycles. The third kappa shape index (κ3) is 4.60. The van der Waals surface area contributed by atoms with Crippen molar-refractivity contribution >= 4 is 21.9 Å². The number of carboxylic acid groups (broad SMARTS) is 1. The Morgan fingerprint density at radius 1 is 1.37 bits per heavy atom. The molecule has 19 heavy (non-hydrogen) atoms. The molecule has 1 aromatic rings. The Hall–Kier alpha value is -0.910. The number of benzene rings is 1. The van der Waals surface area contributed by atoms with Crippen LogP contribution in [-0.4, -0.2) is 28.3 Å². The van der Waals surface area contributed by atoms with E-state index in [4.69, 9.17) is 5.11 Å². The van der Waals surface area contributed by atoms with Crippen molar-refractivity contribution in [2.24, 2.45) is 0 Å². The van der Waals surface area contributed by atoms with Crippen molar-refractivity contribution in [3.05, 3.63) is 33.8 Å². The van der Waals surface area contributed by atoms with Crippen molar-refractivity contribution in [3.63, 3.8) is 0 Å². The Morgan fingerprint density at radius 2 is 2.00 bits per heavy atom. The Morgan fingerprint density at radius 3 is 2.47 bits per heavy atom. The molecule has 0 fully saturated rings. The molecule has 0 amide bonds. The predicted molar refractivity (Wildman–Crippen MR) is 78.3 cm³/mol. The number of aromatic carboxylic acids is 1. The van der Waals surface area contributed by atoms with E-state index in [1.54, 1.807) is 18.2 Å². The van der Waals surface area contributed by atoms with E-state index in [0.29, 0.717) is 25.9 Å². The van der Waals surface area contributed by atoms with Crippen LogP contribution >= 0.6 is 15.9 Å². The highest BCUT2D eigenvalue weighted by Gasteiger charge is 2.21. The molecule has 0 saturated carbocycles. The standard InChI is InChI=1S/C14H20BrNO3/c1-3-14(19,4-2)9-16-8-11-6-5-10(13(17)18)7-12(11)15/h5-7,16,19H,3-4,8-9H2,1-2H3,(H,17,18). The van der Waals surface area contributed by atoms with Crippen molar-refractivity contribution in [1.82, 2.24) is 5.32 Å². The van der Waals surface area contributed by atoms with Gasteiger partial charge in [0, 0.05) is 17.6 Å². The van der Waals surface area contributed by atoms with Gasteiger partial charge in [0.25, 0.3) is 0 Å². The number of carboxylic acids is 1. The summed E-state index contributed by atoms with van der Waals surface area (Å²) >= 11 is 3.36. The fourth-order valence-corrected chi connectivity index (χ4v) is 2.27. The summed E-state index contributed by atoms with van der Waals surface area (Å²) in [5.41, 5.74) is 0.557. The molecule has 3 N–H and O–H groups in total. The average Bonchev–Trinajstić information content (AvgIpc) is 2.40. The number of hydrogen-bond donors (Lipinski definition) is 3. The Bertz CT molecular complexity index is 444. The number of aliphatic hydroxyl groups is 1. The van der Waals surface area contributed by atoms with Gasteiger partial charge in [-0.3, -0.25) is 0 Å². The van der Waals surface area contributed by atoms with Gasteiger partial charge in [-0.2, -0.15) is 0 Å². The molecule has 106 valence electrons. The smallest absolute Gasteiger partial charge is 0.335 e. The second-order valence-corrected chi connectivity index (χ2v) is 5.50. The highest BCUT2D eigenvalue weighted by Crippen LogP contribution is 2.19. The monoisotopic (exact) mass is 329 g/mol. The van der Waals surface area contributed by atoms with Gasteiger partial charge in [-0.1, -0.05) is 35.8 Å². The summed E-state index contributed by atoms with van der Waals surface area (Å²) < 4.78 is 0.761. The minimum Gasteiger partial charge on any atom is -0.478 e. The van der Waals surface area contributed by atoms with Crippen LogP contribution in [0.25, 0.3) is 0 Å². The maximum absolute atomic E-state index is 10.8. The molecule has 0 spiro atoms. The minimum absolute atomic E-state index is 0.259. The number of nitrogens with one attached hydrogen (secondary N) is 1. The van der Waals surface area contributed by atoms with E-state index in [0.717, 1.165) is 10.0 Å². The number of rotatable bonds is 7. The molecular weight excluding hydrogens is 310 g/mol. The first-order valence-electron chi connectivity index (χ1n) is 6.36. The highest BCUT2D eigenvalue weighted by molar-refractivity contribution is 9.10. The van der Waals surface area contributed by atoms with Gasteiger partial charge in [0.2, 0.25) is 0 Å². The van der Waals surface area contributed by atoms with Gasteiger partial charge in [-0.25, -0.2) is 4.79 Å². The van der Waals surface area contributed by atoms with Crippen LogP contribution in [0.4, 0.5) is 0 Å². The van der Waals surface area contributed by atoms with Crippen LogP contribution in [0.15, 0.2) is 22.7 Å². The second kappa shape index (κ2) is 7.03. The van der Waals surface area contributed by atoms with Crippen molar-refractivity contribution < 1.29 is 15.0 Å². The first kappa shape index (κ1) is 16.1. The van der Waals surface area contributed by atoms with Gasteiger partial charge >= 0.3 is 5.97 Å². The molecule has 4 nitrogen and oxygen atoms in total. The summed E-state index contributed by atoms with van der Waals surface area (Å²) in [5, 5.41) is 22.2. The zero-order chi connectivity index (χ0) is 14.5. The number of hydrogen-bond acceptors (Lipinski definition) is 3. The Balaban J connectivity index is 2.61. The SMILES string of the molecule is CCC(O)(CC)CNCc1ccc(C(=O)O)cc1Br. The van der Waals surface area contributed by atoms with Crippen molar-refractivity contribution in [2.75, 3.05) is 6.54 Å². The summed E-state index contributed by atoms with van der Waals surface area (Å²) in [6, 6.07) is 4.94. The molecule has 5 heteroatoms. The van der Waals surface area contributed by atoms with Gasteiger partial charge in [-0.15, -0.1) is 0 Å². The van der Waals surface area contributed by atoms with Crippen LogP contribution in [0, 0.1) is 0 Å². The quantitative estimate of drug-likeness (QED) is 0.719. The lowest BCUT2D eigenvalue weighted by atomic mass is 9.97. The summed E-state index contributed by atoms with van der Waals surface area (Å²) in [4.78, 5) is 10.8. The molecule has 0 aromatic heterocycles. The van der Waals surface area contributed by atoms with Gasteiger partial charge < -0.3 is 15.5 Å². The van der Waals surface area contributed by atoms with E-state index in [1.165, 1.54) is 0 Å².